The lowest BCUT2D eigenvalue weighted by atomic mass is 9.92. The highest BCUT2D eigenvalue weighted by Gasteiger charge is 2.18. The number of hydrogen-bond acceptors (Lipinski definition) is 2. The minimum Gasteiger partial charge on any atom is -0.349 e. The van der Waals surface area contributed by atoms with Gasteiger partial charge in [0.2, 0.25) is 0 Å². The molecule has 0 aromatic carbocycles. The number of nitrogens with one attached hydrogen (secondary N) is 1. The molecule has 0 spiro atoms. The molecule has 0 amide bonds. The molecular weight excluding hydrogens is 222 g/mol. The topological polar surface area (TPSA) is 43.0 Å². The average molecular weight is 249 g/mol. The summed E-state index contributed by atoms with van der Waals surface area (Å²) in [6.07, 6.45) is 4.80. The largest absolute Gasteiger partial charge is 0.349 e. The van der Waals surface area contributed by atoms with Crippen LogP contribution in [0.3, 0.4) is 0 Å². The molecule has 1 aromatic heterocycles. The van der Waals surface area contributed by atoms with Crippen LogP contribution in [0.2, 0.25) is 0 Å². The van der Waals surface area contributed by atoms with Gasteiger partial charge in [-0.15, -0.1) is 0 Å². The van der Waals surface area contributed by atoms with E-state index in [2.05, 4.69) is 36.7 Å². The molecule has 1 aliphatic carbocycles. The van der Waals surface area contributed by atoms with Crippen molar-refractivity contribution in [1.82, 2.24) is 9.88 Å². The molecule has 2 rings (SSSR count). The van der Waals surface area contributed by atoms with E-state index in [1.807, 2.05) is 0 Å². The Labute approximate surface area is 111 Å². The number of nitrogens with zero attached hydrogens (tertiary/aromatic N) is 1. The van der Waals surface area contributed by atoms with Gasteiger partial charge in [-0.2, -0.15) is 0 Å². The third-order valence-electron chi connectivity index (χ3n) is 4.35. The Balaban J connectivity index is 1.90. The number of aryl methyl sites for hydroxylation is 1. The Hall–Kier alpha value is -0.800. The van der Waals surface area contributed by atoms with Gasteiger partial charge < -0.3 is 15.6 Å². The Morgan fingerprint density at radius 3 is 2.50 bits per heavy atom. The zero-order valence-electron chi connectivity index (χ0n) is 12.0. The smallest absolute Gasteiger partial charge is 0.0225 e. The van der Waals surface area contributed by atoms with Crippen molar-refractivity contribution in [3.05, 3.63) is 23.0 Å². The first-order valence-electron chi connectivity index (χ1n) is 7.26. The molecule has 1 aromatic rings. The quantitative estimate of drug-likeness (QED) is 0.861. The van der Waals surface area contributed by atoms with Crippen molar-refractivity contribution < 1.29 is 0 Å². The van der Waals surface area contributed by atoms with E-state index < -0.39 is 0 Å². The Morgan fingerprint density at radius 1 is 1.28 bits per heavy atom. The normalized spacial score (nSPS) is 24.4. The monoisotopic (exact) mass is 249 g/mol. The van der Waals surface area contributed by atoms with Crippen LogP contribution < -0.4 is 11.1 Å². The van der Waals surface area contributed by atoms with Gasteiger partial charge in [-0.25, -0.2) is 0 Å². The Kier molecular flexibility index (Phi) is 4.46. The first-order chi connectivity index (χ1) is 8.61. The fraction of sp³-hybridized carbons (Fsp3) is 0.733. The van der Waals surface area contributed by atoms with Crippen molar-refractivity contribution in [3.63, 3.8) is 0 Å². The first-order valence-corrected chi connectivity index (χ1v) is 7.26. The van der Waals surface area contributed by atoms with Crippen LogP contribution in [-0.2, 0) is 13.1 Å². The molecule has 0 aliphatic heterocycles. The summed E-state index contributed by atoms with van der Waals surface area (Å²) in [5.41, 5.74) is 10.2. The van der Waals surface area contributed by atoms with Gasteiger partial charge in [0.05, 0.1) is 0 Å². The van der Waals surface area contributed by atoms with Gasteiger partial charge in [0.25, 0.3) is 0 Å². The highest BCUT2D eigenvalue weighted by molar-refractivity contribution is 5.26. The van der Waals surface area contributed by atoms with E-state index in [-0.39, 0.29) is 0 Å². The first kappa shape index (κ1) is 13.6. The summed E-state index contributed by atoms with van der Waals surface area (Å²) in [5.74, 6) is 0. The van der Waals surface area contributed by atoms with Gasteiger partial charge in [0.15, 0.2) is 0 Å². The van der Waals surface area contributed by atoms with E-state index in [9.17, 15) is 0 Å². The highest BCUT2D eigenvalue weighted by atomic mass is 15.0. The second kappa shape index (κ2) is 5.89. The molecule has 0 saturated heterocycles. The van der Waals surface area contributed by atoms with Crippen LogP contribution in [0, 0.1) is 13.8 Å². The van der Waals surface area contributed by atoms with Crippen molar-refractivity contribution in [1.29, 1.82) is 0 Å². The molecular formula is C15H27N3. The van der Waals surface area contributed by atoms with E-state index in [1.54, 1.807) is 0 Å². The van der Waals surface area contributed by atoms with Crippen LogP contribution in [0.4, 0.5) is 0 Å². The van der Waals surface area contributed by atoms with E-state index in [4.69, 9.17) is 5.73 Å². The molecule has 3 heteroatoms. The Bertz CT molecular complexity index is 387. The third kappa shape index (κ3) is 2.96. The second-order valence-corrected chi connectivity index (χ2v) is 5.63. The Morgan fingerprint density at radius 2 is 1.94 bits per heavy atom. The van der Waals surface area contributed by atoms with Crippen LogP contribution in [-0.4, -0.2) is 16.7 Å². The zero-order valence-corrected chi connectivity index (χ0v) is 12.0. The summed E-state index contributed by atoms with van der Waals surface area (Å²) in [6.45, 7) is 8.69. The zero-order chi connectivity index (χ0) is 13.1. The van der Waals surface area contributed by atoms with Gasteiger partial charge in [-0.3, -0.25) is 0 Å². The minimum atomic E-state index is 0.438. The van der Waals surface area contributed by atoms with E-state index in [0.717, 1.165) is 13.1 Å². The number of nitrogens with two attached hydrogens (primary N) is 1. The lowest BCUT2D eigenvalue weighted by molar-refractivity contribution is 0.341. The van der Waals surface area contributed by atoms with E-state index in [1.165, 1.54) is 42.6 Å². The lowest BCUT2D eigenvalue weighted by Crippen LogP contribution is -2.37. The summed E-state index contributed by atoms with van der Waals surface area (Å²) in [4.78, 5) is 0. The van der Waals surface area contributed by atoms with Gasteiger partial charge in [0, 0.05) is 36.6 Å². The molecule has 18 heavy (non-hydrogen) atoms. The molecule has 0 bridgehead atoms. The summed E-state index contributed by atoms with van der Waals surface area (Å²) < 4.78 is 2.38. The van der Waals surface area contributed by atoms with Crippen LogP contribution >= 0.6 is 0 Å². The SMILES string of the molecule is CCn1c(C)cc(CNC2CCC(N)CC2)c1C. The maximum atomic E-state index is 5.94. The lowest BCUT2D eigenvalue weighted by Gasteiger charge is -2.27. The van der Waals surface area contributed by atoms with E-state index >= 15 is 0 Å². The second-order valence-electron chi connectivity index (χ2n) is 5.63. The molecule has 3 nitrogen and oxygen atoms in total. The summed E-state index contributed by atoms with van der Waals surface area (Å²) in [6, 6.07) is 3.42. The van der Waals surface area contributed by atoms with Gasteiger partial charge in [0.1, 0.15) is 0 Å². The maximum absolute atomic E-state index is 5.94. The van der Waals surface area contributed by atoms with Crippen LogP contribution in [0.15, 0.2) is 6.07 Å². The van der Waals surface area contributed by atoms with Crippen LogP contribution in [0.25, 0.3) is 0 Å². The van der Waals surface area contributed by atoms with Crippen LogP contribution in [0.5, 0.6) is 0 Å². The fourth-order valence-electron chi connectivity index (χ4n) is 3.12. The predicted molar refractivity (Wildman–Crippen MR) is 76.7 cm³/mol. The highest BCUT2D eigenvalue weighted by Crippen LogP contribution is 2.19. The third-order valence-corrected chi connectivity index (χ3v) is 4.35. The van der Waals surface area contributed by atoms with Crippen molar-refractivity contribution in [2.75, 3.05) is 0 Å². The van der Waals surface area contributed by atoms with Crippen molar-refractivity contribution in [2.24, 2.45) is 5.73 Å². The fourth-order valence-corrected chi connectivity index (χ4v) is 3.12. The van der Waals surface area contributed by atoms with Gasteiger partial charge in [-0.05, 0) is 58.1 Å². The predicted octanol–water partition coefficient (Wildman–Crippen LogP) is 2.48. The molecule has 0 atom stereocenters. The summed E-state index contributed by atoms with van der Waals surface area (Å²) >= 11 is 0. The molecule has 1 fully saturated rings. The number of hydrogen-bond donors (Lipinski definition) is 2. The molecule has 1 aliphatic rings. The summed E-state index contributed by atoms with van der Waals surface area (Å²) in [5, 5.41) is 3.70. The molecule has 102 valence electrons. The van der Waals surface area contributed by atoms with Gasteiger partial charge >= 0.3 is 0 Å². The van der Waals surface area contributed by atoms with E-state index in [0.29, 0.717) is 12.1 Å². The maximum Gasteiger partial charge on any atom is 0.0225 e. The molecule has 1 saturated carbocycles. The van der Waals surface area contributed by atoms with Crippen molar-refractivity contribution >= 4 is 0 Å². The average Bonchev–Trinajstić information content (AvgIpc) is 2.63. The number of aromatic nitrogens is 1. The molecule has 3 N–H and O–H groups in total. The molecule has 0 radical (unpaired) electrons. The minimum absolute atomic E-state index is 0.438. The van der Waals surface area contributed by atoms with Crippen LogP contribution in [0.1, 0.15) is 49.6 Å². The molecule has 1 heterocycles. The van der Waals surface area contributed by atoms with Crippen molar-refractivity contribution in [3.8, 4) is 0 Å². The van der Waals surface area contributed by atoms with Crippen molar-refractivity contribution in [2.45, 2.75) is 71.6 Å². The number of rotatable bonds is 4. The standard InChI is InChI=1S/C15H27N3/c1-4-18-11(2)9-13(12(18)3)10-17-15-7-5-14(16)6-8-15/h9,14-15,17H,4-8,10,16H2,1-3H3. The molecule has 0 unspecified atom stereocenters. The van der Waals surface area contributed by atoms with Gasteiger partial charge in [-0.1, -0.05) is 0 Å². The summed E-state index contributed by atoms with van der Waals surface area (Å²) in [7, 11) is 0.